The highest BCUT2D eigenvalue weighted by Gasteiger charge is 2.12. The lowest BCUT2D eigenvalue weighted by Gasteiger charge is -2.07. The highest BCUT2D eigenvalue weighted by molar-refractivity contribution is 5.64. The van der Waals surface area contributed by atoms with Crippen LogP contribution in [0.2, 0.25) is 0 Å². The van der Waals surface area contributed by atoms with E-state index in [1.54, 1.807) is 6.08 Å². The average Bonchev–Trinajstić information content (AvgIpc) is 1.84. The Morgan fingerprint density at radius 1 is 1.67 bits per heavy atom. The van der Waals surface area contributed by atoms with Crippen LogP contribution in [-0.2, 0) is 4.79 Å². The average molecular weight is 128 g/mol. The van der Waals surface area contributed by atoms with Crippen molar-refractivity contribution < 1.29 is 9.90 Å². The zero-order valence-electron chi connectivity index (χ0n) is 5.79. The van der Waals surface area contributed by atoms with E-state index in [9.17, 15) is 4.79 Å². The molecule has 2 nitrogen and oxygen atoms in total. The number of carbonyl (C=O) groups excluding carboxylic acids is 1. The Bertz CT molecular complexity index is 114. The van der Waals surface area contributed by atoms with Crippen molar-refractivity contribution in [3.05, 3.63) is 12.2 Å². The molecule has 0 radical (unpaired) electrons. The molecule has 0 aliphatic rings. The highest BCUT2D eigenvalue weighted by atomic mass is 16.3. The summed E-state index contributed by atoms with van der Waals surface area (Å²) in [5, 5.41) is 9.00. The normalized spacial score (nSPS) is 17.7. The molecule has 0 aromatic heterocycles. The van der Waals surface area contributed by atoms with Crippen molar-refractivity contribution in [1.82, 2.24) is 0 Å². The molecule has 0 fully saturated rings. The molecule has 0 rings (SSSR count). The fourth-order valence-electron chi connectivity index (χ4n) is 0.396. The number of hydrogen-bond acceptors (Lipinski definition) is 2. The van der Waals surface area contributed by atoms with Gasteiger partial charge in [0.05, 0.1) is 0 Å². The molecule has 52 valence electrons. The van der Waals surface area contributed by atoms with Gasteiger partial charge in [-0.05, 0) is 13.3 Å². The summed E-state index contributed by atoms with van der Waals surface area (Å²) in [5.74, 6) is 0. The molecule has 2 heteroatoms. The predicted octanol–water partition coefficient (Wildman–Crippen LogP) is 0.903. The molecule has 0 spiro atoms. The Balaban J connectivity index is 3.84. The largest absolute Gasteiger partial charge is 0.379 e. The van der Waals surface area contributed by atoms with Gasteiger partial charge >= 0.3 is 0 Å². The number of rotatable bonds is 3. The molecule has 0 aromatic carbocycles. The van der Waals surface area contributed by atoms with Gasteiger partial charge < -0.3 is 5.11 Å². The minimum atomic E-state index is -1.27. The van der Waals surface area contributed by atoms with Crippen molar-refractivity contribution in [2.45, 2.75) is 25.9 Å². The van der Waals surface area contributed by atoms with E-state index in [2.05, 4.69) is 0 Å². The van der Waals surface area contributed by atoms with Crippen LogP contribution in [0.3, 0.4) is 0 Å². The number of aliphatic hydroxyl groups is 1. The SMILES string of the molecule is CCC=CC(C)(O)C=O. The van der Waals surface area contributed by atoms with E-state index >= 15 is 0 Å². The second-order valence-electron chi connectivity index (χ2n) is 2.15. The van der Waals surface area contributed by atoms with Crippen LogP contribution in [0.5, 0.6) is 0 Å². The summed E-state index contributed by atoms with van der Waals surface area (Å²) >= 11 is 0. The Hall–Kier alpha value is -0.630. The van der Waals surface area contributed by atoms with Crippen molar-refractivity contribution in [3.63, 3.8) is 0 Å². The van der Waals surface area contributed by atoms with Gasteiger partial charge in [-0.3, -0.25) is 4.79 Å². The highest BCUT2D eigenvalue weighted by Crippen LogP contribution is 2.00. The maximum absolute atomic E-state index is 10.0. The summed E-state index contributed by atoms with van der Waals surface area (Å²) in [7, 11) is 0. The summed E-state index contributed by atoms with van der Waals surface area (Å²) < 4.78 is 0. The van der Waals surface area contributed by atoms with Gasteiger partial charge in [-0.25, -0.2) is 0 Å². The van der Waals surface area contributed by atoms with Gasteiger partial charge in [0.25, 0.3) is 0 Å². The monoisotopic (exact) mass is 128 g/mol. The van der Waals surface area contributed by atoms with Crippen molar-refractivity contribution in [2.24, 2.45) is 0 Å². The van der Waals surface area contributed by atoms with Crippen molar-refractivity contribution >= 4 is 6.29 Å². The summed E-state index contributed by atoms with van der Waals surface area (Å²) in [6, 6.07) is 0. The molecule has 0 aromatic rings. The van der Waals surface area contributed by atoms with Gasteiger partial charge in [0.2, 0.25) is 0 Å². The van der Waals surface area contributed by atoms with Crippen LogP contribution < -0.4 is 0 Å². The fraction of sp³-hybridized carbons (Fsp3) is 0.571. The van der Waals surface area contributed by atoms with Crippen LogP contribution in [0.4, 0.5) is 0 Å². The smallest absolute Gasteiger partial charge is 0.155 e. The fourth-order valence-corrected chi connectivity index (χ4v) is 0.396. The van der Waals surface area contributed by atoms with Gasteiger partial charge in [-0.2, -0.15) is 0 Å². The predicted molar refractivity (Wildman–Crippen MR) is 36.1 cm³/mol. The maximum atomic E-state index is 10.0. The molecule has 0 bridgehead atoms. The van der Waals surface area contributed by atoms with E-state index in [1.165, 1.54) is 13.0 Å². The van der Waals surface area contributed by atoms with Crippen LogP contribution in [0.15, 0.2) is 12.2 Å². The molecular weight excluding hydrogens is 116 g/mol. The van der Waals surface area contributed by atoms with E-state index in [0.717, 1.165) is 6.42 Å². The molecule has 1 N–H and O–H groups in total. The third-order valence-corrected chi connectivity index (χ3v) is 0.930. The van der Waals surface area contributed by atoms with Crippen LogP contribution in [0.25, 0.3) is 0 Å². The lowest BCUT2D eigenvalue weighted by Crippen LogP contribution is -2.21. The summed E-state index contributed by atoms with van der Waals surface area (Å²) in [5.41, 5.74) is -1.27. The molecule has 1 unspecified atom stereocenters. The molecule has 0 heterocycles. The Kier molecular flexibility index (Phi) is 3.17. The minimum Gasteiger partial charge on any atom is -0.379 e. The molecule has 9 heavy (non-hydrogen) atoms. The van der Waals surface area contributed by atoms with E-state index in [-0.39, 0.29) is 0 Å². The van der Waals surface area contributed by atoms with Gasteiger partial charge in [-0.1, -0.05) is 19.1 Å². The number of aldehydes is 1. The van der Waals surface area contributed by atoms with Gasteiger partial charge in [0.1, 0.15) is 5.60 Å². The second-order valence-corrected chi connectivity index (χ2v) is 2.15. The van der Waals surface area contributed by atoms with Crippen molar-refractivity contribution in [3.8, 4) is 0 Å². The number of carbonyl (C=O) groups is 1. The van der Waals surface area contributed by atoms with Crippen molar-refractivity contribution in [1.29, 1.82) is 0 Å². The topological polar surface area (TPSA) is 37.3 Å². The molecule has 0 aliphatic carbocycles. The molecule has 0 aliphatic heterocycles. The third-order valence-electron chi connectivity index (χ3n) is 0.930. The Labute approximate surface area is 55.2 Å². The van der Waals surface area contributed by atoms with Crippen LogP contribution in [0.1, 0.15) is 20.3 Å². The van der Waals surface area contributed by atoms with E-state index in [1.807, 2.05) is 6.92 Å². The molecular formula is C7H12O2. The van der Waals surface area contributed by atoms with Crippen molar-refractivity contribution in [2.75, 3.05) is 0 Å². The lowest BCUT2D eigenvalue weighted by molar-refractivity contribution is -0.118. The van der Waals surface area contributed by atoms with Gasteiger partial charge in [0, 0.05) is 0 Å². The first-order chi connectivity index (χ1) is 4.12. The molecule has 0 saturated carbocycles. The zero-order chi connectivity index (χ0) is 7.33. The summed E-state index contributed by atoms with van der Waals surface area (Å²) in [6.07, 6.45) is 4.59. The minimum absolute atomic E-state index is 0.513. The standard InChI is InChI=1S/C7H12O2/c1-3-4-5-7(2,9)6-8/h4-6,9H,3H2,1-2H3. The quantitative estimate of drug-likeness (QED) is 0.453. The number of hydrogen-bond donors (Lipinski definition) is 1. The first-order valence-electron chi connectivity index (χ1n) is 2.99. The Morgan fingerprint density at radius 3 is 2.56 bits per heavy atom. The van der Waals surface area contributed by atoms with Crippen LogP contribution >= 0.6 is 0 Å². The molecule has 0 saturated heterocycles. The second kappa shape index (κ2) is 3.41. The third kappa shape index (κ3) is 3.91. The number of allylic oxidation sites excluding steroid dienone is 1. The van der Waals surface area contributed by atoms with E-state index < -0.39 is 5.60 Å². The van der Waals surface area contributed by atoms with Gasteiger partial charge in [-0.15, -0.1) is 0 Å². The van der Waals surface area contributed by atoms with E-state index in [4.69, 9.17) is 5.11 Å². The van der Waals surface area contributed by atoms with Crippen LogP contribution in [-0.4, -0.2) is 17.0 Å². The van der Waals surface area contributed by atoms with E-state index in [0.29, 0.717) is 6.29 Å². The van der Waals surface area contributed by atoms with Gasteiger partial charge in [0.15, 0.2) is 6.29 Å². The summed E-state index contributed by atoms with van der Waals surface area (Å²) in [6.45, 7) is 3.39. The zero-order valence-corrected chi connectivity index (χ0v) is 5.79. The van der Waals surface area contributed by atoms with Crippen LogP contribution in [0, 0.1) is 0 Å². The lowest BCUT2D eigenvalue weighted by atomic mass is 10.1. The molecule has 1 atom stereocenters. The first kappa shape index (κ1) is 8.37. The molecule has 0 amide bonds. The first-order valence-corrected chi connectivity index (χ1v) is 2.99. The Morgan fingerprint density at radius 2 is 2.22 bits per heavy atom. The maximum Gasteiger partial charge on any atom is 0.155 e. The summed E-state index contributed by atoms with van der Waals surface area (Å²) in [4.78, 5) is 10.0.